The minimum Gasteiger partial charge on any atom is -0.456 e. The number of aromatic nitrogens is 4. The quantitative estimate of drug-likeness (QED) is 0.185. The Morgan fingerprint density at radius 3 is 1.71 bits per heavy atom. The van der Waals surface area contributed by atoms with Crippen LogP contribution in [-0.4, -0.2) is 19.9 Å². The molecule has 0 spiro atoms. The fourth-order valence-corrected chi connectivity index (χ4v) is 7.00. The summed E-state index contributed by atoms with van der Waals surface area (Å²) in [6, 6.07) is 54.1. The van der Waals surface area contributed by atoms with Crippen molar-refractivity contribution in [2.45, 2.75) is 0 Å². The van der Waals surface area contributed by atoms with Crippen molar-refractivity contribution in [3.8, 4) is 56.2 Å². The second kappa shape index (κ2) is 11.9. The summed E-state index contributed by atoms with van der Waals surface area (Å²) in [7, 11) is 0. The van der Waals surface area contributed by atoms with Crippen LogP contribution in [0.2, 0.25) is 0 Å². The fourth-order valence-electron chi connectivity index (χ4n) is 7.00. The minimum atomic E-state index is 0.652. The molecule has 0 radical (unpaired) electrons. The Labute approximate surface area is 293 Å². The van der Waals surface area contributed by atoms with Gasteiger partial charge in [-0.15, -0.1) is 0 Å². The fraction of sp³-hybridized carbons (Fsp3) is 0. The maximum atomic E-state index is 6.28. The molecule has 5 nitrogen and oxygen atoms in total. The van der Waals surface area contributed by atoms with Gasteiger partial charge in [0, 0.05) is 61.8 Å². The predicted octanol–water partition coefficient (Wildman–Crippen LogP) is 11.8. The van der Waals surface area contributed by atoms with Crippen molar-refractivity contribution in [1.29, 1.82) is 0 Å². The molecule has 0 atom stereocenters. The average Bonchev–Trinajstić information content (AvgIpc) is 3.59. The van der Waals surface area contributed by atoms with Gasteiger partial charge in [-0.3, -0.25) is 9.97 Å². The second-order valence-corrected chi connectivity index (χ2v) is 12.7. The standard InChI is InChI=1S/C46H28N4O/c1-2-11-29(12-3-1)46-49-41(26-42(50-46)37-16-10-20-44-45(37)38-15-6-9-19-43(38)51-44)34-24-32(35-21-30-13-4-7-17-39(30)47-27-35)23-33(25-34)36-22-31-14-5-8-18-40(31)48-28-36/h1-28H. The Balaban J connectivity index is 1.23. The van der Waals surface area contributed by atoms with Gasteiger partial charge in [0.05, 0.1) is 22.4 Å². The van der Waals surface area contributed by atoms with Gasteiger partial charge in [0.1, 0.15) is 11.2 Å². The average molecular weight is 653 g/mol. The molecule has 4 aromatic heterocycles. The normalized spacial score (nSPS) is 11.5. The highest BCUT2D eigenvalue weighted by molar-refractivity contribution is 6.12. The molecule has 5 heteroatoms. The van der Waals surface area contributed by atoms with E-state index in [9.17, 15) is 0 Å². The summed E-state index contributed by atoms with van der Waals surface area (Å²) >= 11 is 0. The van der Waals surface area contributed by atoms with Crippen LogP contribution in [0.4, 0.5) is 0 Å². The number of fused-ring (bicyclic) bond motifs is 5. The van der Waals surface area contributed by atoms with Gasteiger partial charge in [-0.1, -0.05) is 97.1 Å². The van der Waals surface area contributed by atoms with E-state index in [2.05, 4.69) is 72.8 Å². The van der Waals surface area contributed by atoms with Crippen molar-refractivity contribution < 1.29 is 4.42 Å². The van der Waals surface area contributed by atoms with E-state index in [1.54, 1.807) is 0 Å². The number of hydrogen-bond donors (Lipinski definition) is 0. The molecule has 0 fully saturated rings. The Morgan fingerprint density at radius 2 is 0.980 bits per heavy atom. The van der Waals surface area contributed by atoms with Crippen LogP contribution in [0.25, 0.3) is 99.9 Å². The lowest BCUT2D eigenvalue weighted by Gasteiger charge is -2.14. The summed E-state index contributed by atoms with van der Waals surface area (Å²) < 4.78 is 6.28. The first-order chi connectivity index (χ1) is 25.2. The summed E-state index contributed by atoms with van der Waals surface area (Å²) in [5.74, 6) is 0.652. The maximum Gasteiger partial charge on any atom is 0.160 e. The first-order valence-corrected chi connectivity index (χ1v) is 16.9. The maximum absolute atomic E-state index is 6.28. The van der Waals surface area contributed by atoms with Crippen molar-refractivity contribution in [2.24, 2.45) is 0 Å². The summed E-state index contributed by atoms with van der Waals surface area (Å²) in [5, 5.41) is 4.27. The number of pyridine rings is 2. The molecule has 0 aliphatic heterocycles. The molecular formula is C46H28N4O. The smallest absolute Gasteiger partial charge is 0.160 e. The summed E-state index contributed by atoms with van der Waals surface area (Å²) in [4.78, 5) is 20.1. The molecule has 6 aromatic carbocycles. The summed E-state index contributed by atoms with van der Waals surface area (Å²) in [5.41, 5.74) is 12.3. The molecule has 0 N–H and O–H groups in total. The number of nitrogens with zero attached hydrogens (tertiary/aromatic N) is 4. The van der Waals surface area contributed by atoms with Crippen LogP contribution in [0.3, 0.4) is 0 Å². The van der Waals surface area contributed by atoms with Gasteiger partial charge in [0.2, 0.25) is 0 Å². The van der Waals surface area contributed by atoms with Gasteiger partial charge in [0.25, 0.3) is 0 Å². The Bertz CT molecular complexity index is 2830. The van der Waals surface area contributed by atoms with E-state index < -0.39 is 0 Å². The predicted molar refractivity (Wildman–Crippen MR) is 207 cm³/mol. The van der Waals surface area contributed by atoms with E-state index in [-0.39, 0.29) is 0 Å². The number of rotatable bonds is 5. The number of benzene rings is 6. The van der Waals surface area contributed by atoms with E-state index in [0.717, 1.165) is 94.1 Å². The molecule has 4 heterocycles. The van der Waals surface area contributed by atoms with Gasteiger partial charge in [0.15, 0.2) is 5.82 Å². The van der Waals surface area contributed by atoms with Crippen molar-refractivity contribution >= 4 is 43.7 Å². The molecule has 0 amide bonds. The molecule has 10 rings (SSSR count). The molecule has 0 aliphatic rings. The lowest BCUT2D eigenvalue weighted by Crippen LogP contribution is -1.97. The van der Waals surface area contributed by atoms with Gasteiger partial charge in [-0.05, 0) is 71.8 Å². The van der Waals surface area contributed by atoms with Crippen molar-refractivity contribution in [3.63, 3.8) is 0 Å². The van der Waals surface area contributed by atoms with Crippen LogP contribution in [0, 0.1) is 0 Å². The van der Waals surface area contributed by atoms with Crippen LogP contribution in [0.1, 0.15) is 0 Å². The summed E-state index contributed by atoms with van der Waals surface area (Å²) in [6.07, 6.45) is 3.91. The number of para-hydroxylation sites is 3. The number of furan rings is 1. The van der Waals surface area contributed by atoms with Crippen LogP contribution >= 0.6 is 0 Å². The van der Waals surface area contributed by atoms with Crippen molar-refractivity contribution in [3.05, 3.63) is 170 Å². The topological polar surface area (TPSA) is 64.7 Å². The zero-order chi connectivity index (χ0) is 33.7. The first-order valence-electron chi connectivity index (χ1n) is 16.9. The highest BCUT2D eigenvalue weighted by atomic mass is 16.3. The molecule has 0 unspecified atom stereocenters. The third-order valence-corrected chi connectivity index (χ3v) is 9.51. The first kappa shape index (κ1) is 29.0. The molecular weight excluding hydrogens is 625 g/mol. The SMILES string of the molecule is c1ccc(-c2nc(-c3cc(-c4cnc5ccccc5c4)cc(-c4cnc5ccccc5c4)c3)cc(-c3cccc4oc5ccccc5c34)n2)cc1. The van der Waals surface area contributed by atoms with Crippen LogP contribution in [-0.2, 0) is 0 Å². The molecule has 0 aliphatic carbocycles. The van der Waals surface area contributed by atoms with Gasteiger partial charge < -0.3 is 4.42 Å². The zero-order valence-corrected chi connectivity index (χ0v) is 27.4. The van der Waals surface area contributed by atoms with E-state index in [4.69, 9.17) is 24.4 Å². The molecule has 51 heavy (non-hydrogen) atoms. The Morgan fingerprint density at radius 1 is 0.392 bits per heavy atom. The van der Waals surface area contributed by atoms with E-state index in [1.165, 1.54) is 0 Å². The van der Waals surface area contributed by atoms with Crippen molar-refractivity contribution in [2.75, 3.05) is 0 Å². The van der Waals surface area contributed by atoms with Gasteiger partial charge in [-0.25, -0.2) is 9.97 Å². The van der Waals surface area contributed by atoms with E-state index in [0.29, 0.717) is 5.82 Å². The zero-order valence-electron chi connectivity index (χ0n) is 27.4. The monoisotopic (exact) mass is 652 g/mol. The highest BCUT2D eigenvalue weighted by Crippen LogP contribution is 2.39. The van der Waals surface area contributed by atoms with Gasteiger partial charge in [-0.2, -0.15) is 0 Å². The van der Waals surface area contributed by atoms with Gasteiger partial charge >= 0.3 is 0 Å². The van der Waals surface area contributed by atoms with E-state index >= 15 is 0 Å². The lowest BCUT2D eigenvalue weighted by molar-refractivity contribution is 0.669. The molecule has 10 aromatic rings. The summed E-state index contributed by atoms with van der Waals surface area (Å²) in [6.45, 7) is 0. The Kier molecular flexibility index (Phi) is 6.74. The molecule has 238 valence electrons. The third-order valence-electron chi connectivity index (χ3n) is 9.51. The number of hydrogen-bond acceptors (Lipinski definition) is 5. The Hall–Kier alpha value is -6.98. The lowest BCUT2D eigenvalue weighted by atomic mass is 9.94. The largest absolute Gasteiger partial charge is 0.456 e. The third kappa shape index (κ3) is 5.20. The highest BCUT2D eigenvalue weighted by Gasteiger charge is 2.18. The van der Waals surface area contributed by atoms with E-state index in [1.807, 2.05) is 97.3 Å². The van der Waals surface area contributed by atoms with Crippen LogP contribution < -0.4 is 0 Å². The minimum absolute atomic E-state index is 0.652. The second-order valence-electron chi connectivity index (χ2n) is 12.7. The van der Waals surface area contributed by atoms with Crippen molar-refractivity contribution in [1.82, 2.24) is 19.9 Å². The van der Waals surface area contributed by atoms with Crippen LogP contribution in [0.15, 0.2) is 175 Å². The molecule has 0 saturated heterocycles. The molecule has 0 bridgehead atoms. The molecule has 0 saturated carbocycles. The van der Waals surface area contributed by atoms with Crippen LogP contribution in [0.5, 0.6) is 0 Å².